The lowest BCUT2D eigenvalue weighted by Gasteiger charge is -2.71. The molecule has 4 saturated carbocycles. The molecule has 0 heterocycles. The first kappa shape index (κ1) is 18.7. The third kappa shape index (κ3) is 2.16. The van der Waals surface area contributed by atoms with Gasteiger partial charge in [-0.25, -0.2) is 0 Å². The average Bonchev–Trinajstić information content (AvgIpc) is 2.97. The van der Waals surface area contributed by atoms with E-state index in [1.165, 1.54) is 64.2 Å². The SMILES string of the molecule is CC1(C)C=CCC2(C)C1CCC1(C)C2CCC2[C@H]3CCCC3(N)CC[C@]21C. The number of fused-ring (bicyclic) bond motifs is 7. The minimum Gasteiger partial charge on any atom is -0.325 e. The Labute approximate surface area is 167 Å². The maximum atomic E-state index is 7.00. The van der Waals surface area contributed by atoms with E-state index < -0.39 is 0 Å². The Balaban J connectivity index is 1.55. The number of hydrogen-bond acceptors (Lipinski definition) is 1. The molecule has 0 aliphatic heterocycles. The first-order valence-corrected chi connectivity index (χ1v) is 12.0. The van der Waals surface area contributed by atoms with Crippen molar-refractivity contribution >= 4 is 0 Å². The Morgan fingerprint density at radius 1 is 0.741 bits per heavy atom. The molecule has 8 atom stereocenters. The van der Waals surface area contributed by atoms with Crippen molar-refractivity contribution < 1.29 is 0 Å². The van der Waals surface area contributed by atoms with Crippen molar-refractivity contribution in [1.29, 1.82) is 0 Å². The van der Waals surface area contributed by atoms with Crippen LogP contribution in [0.5, 0.6) is 0 Å². The molecule has 1 heteroatoms. The number of rotatable bonds is 0. The molecule has 0 amide bonds. The Hall–Kier alpha value is -0.300. The number of nitrogens with two attached hydrogens (primary N) is 1. The second-order valence-corrected chi connectivity index (χ2v) is 12.8. The van der Waals surface area contributed by atoms with Gasteiger partial charge in [-0.05, 0) is 103 Å². The van der Waals surface area contributed by atoms with Gasteiger partial charge >= 0.3 is 0 Å². The molecule has 2 N–H and O–H groups in total. The van der Waals surface area contributed by atoms with E-state index in [1.54, 1.807) is 0 Å². The number of allylic oxidation sites excluding steroid dienone is 2. The topological polar surface area (TPSA) is 26.0 Å². The molecule has 5 aliphatic carbocycles. The highest BCUT2D eigenvalue weighted by atomic mass is 14.8. The molecular weight excluding hydrogens is 326 g/mol. The van der Waals surface area contributed by atoms with Crippen molar-refractivity contribution in [3.05, 3.63) is 12.2 Å². The maximum absolute atomic E-state index is 7.00. The zero-order valence-electron chi connectivity index (χ0n) is 18.6. The van der Waals surface area contributed by atoms with Crippen LogP contribution in [0, 0.1) is 45.3 Å². The summed E-state index contributed by atoms with van der Waals surface area (Å²) in [7, 11) is 0. The summed E-state index contributed by atoms with van der Waals surface area (Å²) in [6, 6.07) is 0. The zero-order chi connectivity index (χ0) is 19.3. The van der Waals surface area contributed by atoms with E-state index in [0.717, 1.165) is 23.7 Å². The molecule has 27 heavy (non-hydrogen) atoms. The van der Waals surface area contributed by atoms with Gasteiger partial charge in [0.2, 0.25) is 0 Å². The van der Waals surface area contributed by atoms with Gasteiger partial charge in [0.15, 0.2) is 0 Å². The molecule has 0 spiro atoms. The van der Waals surface area contributed by atoms with E-state index in [2.05, 4.69) is 46.8 Å². The number of hydrogen-bond donors (Lipinski definition) is 1. The maximum Gasteiger partial charge on any atom is 0.0185 e. The van der Waals surface area contributed by atoms with Gasteiger partial charge in [0.25, 0.3) is 0 Å². The summed E-state index contributed by atoms with van der Waals surface area (Å²) in [6.07, 6.45) is 18.9. The molecule has 5 aliphatic rings. The van der Waals surface area contributed by atoms with Crippen LogP contribution in [0.15, 0.2) is 12.2 Å². The average molecular weight is 370 g/mol. The molecule has 6 unspecified atom stereocenters. The van der Waals surface area contributed by atoms with Gasteiger partial charge in [-0.3, -0.25) is 0 Å². The van der Waals surface area contributed by atoms with Crippen LogP contribution in [-0.2, 0) is 0 Å². The fourth-order valence-corrected chi connectivity index (χ4v) is 10.2. The third-order valence-corrected chi connectivity index (χ3v) is 11.7. The molecule has 0 aromatic carbocycles. The summed E-state index contributed by atoms with van der Waals surface area (Å²) in [5.41, 5.74) is 9.06. The summed E-state index contributed by atoms with van der Waals surface area (Å²) >= 11 is 0. The predicted octanol–water partition coefficient (Wildman–Crippen LogP) is 6.72. The molecule has 0 saturated heterocycles. The van der Waals surface area contributed by atoms with Gasteiger partial charge in [-0.2, -0.15) is 0 Å². The second-order valence-electron chi connectivity index (χ2n) is 12.8. The van der Waals surface area contributed by atoms with Crippen molar-refractivity contribution in [3.8, 4) is 0 Å². The van der Waals surface area contributed by atoms with Crippen LogP contribution < -0.4 is 5.73 Å². The predicted molar refractivity (Wildman–Crippen MR) is 114 cm³/mol. The highest BCUT2D eigenvalue weighted by Crippen LogP contribution is 2.75. The molecule has 0 radical (unpaired) electrons. The summed E-state index contributed by atoms with van der Waals surface area (Å²) in [5.74, 6) is 3.44. The smallest absolute Gasteiger partial charge is 0.0185 e. The van der Waals surface area contributed by atoms with Crippen molar-refractivity contribution in [2.24, 2.45) is 51.1 Å². The second kappa shape index (κ2) is 5.44. The molecular formula is C26H43N. The molecule has 0 aromatic heterocycles. The lowest BCUT2D eigenvalue weighted by molar-refractivity contribution is -0.215. The Morgan fingerprint density at radius 3 is 2.30 bits per heavy atom. The zero-order valence-corrected chi connectivity index (χ0v) is 18.6. The van der Waals surface area contributed by atoms with E-state index in [0.29, 0.717) is 21.7 Å². The van der Waals surface area contributed by atoms with Crippen molar-refractivity contribution in [3.63, 3.8) is 0 Å². The minimum absolute atomic E-state index is 0.185. The first-order valence-electron chi connectivity index (χ1n) is 12.0. The third-order valence-electron chi connectivity index (χ3n) is 11.7. The molecule has 0 bridgehead atoms. The van der Waals surface area contributed by atoms with E-state index >= 15 is 0 Å². The van der Waals surface area contributed by atoms with Gasteiger partial charge in [-0.1, -0.05) is 53.2 Å². The summed E-state index contributed by atoms with van der Waals surface area (Å²) in [4.78, 5) is 0. The summed E-state index contributed by atoms with van der Waals surface area (Å²) in [5, 5.41) is 0. The van der Waals surface area contributed by atoms with Crippen LogP contribution in [0.3, 0.4) is 0 Å². The van der Waals surface area contributed by atoms with Gasteiger partial charge in [-0.15, -0.1) is 0 Å². The normalized spacial score (nSPS) is 58.7. The molecule has 5 rings (SSSR count). The van der Waals surface area contributed by atoms with E-state index in [1.807, 2.05) is 0 Å². The van der Waals surface area contributed by atoms with Crippen molar-refractivity contribution in [2.75, 3.05) is 0 Å². The van der Waals surface area contributed by atoms with Gasteiger partial charge < -0.3 is 5.73 Å². The highest BCUT2D eigenvalue weighted by Gasteiger charge is 2.68. The van der Waals surface area contributed by atoms with Crippen LogP contribution in [0.1, 0.15) is 98.8 Å². The van der Waals surface area contributed by atoms with E-state index in [4.69, 9.17) is 5.73 Å². The van der Waals surface area contributed by atoms with Gasteiger partial charge in [0.1, 0.15) is 0 Å². The fraction of sp³-hybridized carbons (Fsp3) is 0.923. The van der Waals surface area contributed by atoms with Crippen molar-refractivity contribution in [2.45, 2.75) is 104 Å². The first-order chi connectivity index (χ1) is 12.6. The van der Waals surface area contributed by atoms with E-state index in [-0.39, 0.29) is 5.54 Å². The lowest BCUT2D eigenvalue weighted by Crippen LogP contribution is -2.66. The van der Waals surface area contributed by atoms with Crippen molar-refractivity contribution in [1.82, 2.24) is 0 Å². The van der Waals surface area contributed by atoms with E-state index in [9.17, 15) is 0 Å². The molecule has 0 aromatic rings. The van der Waals surface area contributed by atoms with Crippen LogP contribution >= 0.6 is 0 Å². The monoisotopic (exact) mass is 369 g/mol. The van der Waals surface area contributed by atoms with Crippen LogP contribution in [0.25, 0.3) is 0 Å². The van der Waals surface area contributed by atoms with Gasteiger partial charge in [0.05, 0.1) is 0 Å². The molecule has 1 nitrogen and oxygen atoms in total. The quantitative estimate of drug-likeness (QED) is 0.471. The Morgan fingerprint density at radius 2 is 1.52 bits per heavy atom. The van der Waals surface area contributed by atoms with Crippen LogP contribution in [0.2, 0.25) is 0 Å². The Kier molecular flexibility index (Phi) is 3.77. The largest absolute Gasteiger partial charge is 0.325 e. The Bertz CT molecular complexity index is 663. The minimum atomic E-state index is 0.185. The standard InChI is InChI=1S/C26H43N/c1-22(2)12-7-13-23(3)20(22)11-15-25(5)21(23)10-9-18-19-8-6-14-26(19,27)17-16-24(18,25)4/h7,12,18-21H,6,8-11,13-17,27H2,1-5H3/t18?,19-,20?,21?,23?,24-,25?,26?/m1/s1. The highest BCUT2D eigenvalue weighted by molar-refractivity contribution is 5.21. The summed E-state index contributed by atoms with van der Waals surface area (Å²) in [6.45, 7) is 13.1. The summed E-state index contributed by atoms with van der Waals surface area (Å²) < 4.78 is 0. The fourth-order valence-electron chi connectivity index (χ4n) is 10.2. The van der Waals surface area contributed by atoms with Crippen LogP contribution in [-0.4, -0.2) is 5.54 Å². The van der Waals surface area contributed by atoms with Crippen LogP contribution in [0.4, 0.5) is 0 Å². The lowest BCUT2D eigenvalue weighted by atomic mass is 9.33. The van der Waals surface area contributed by atoms with Gasteiger partial charge in [0, 0.05) is 5.54 Å². The molecule has 4 fully saturated rings. The molecule has 152 valence electrons.